The van der Waals surface area contributed by atoms with Gasteiger partial charge in [0.2, 0.25) is 0 Å². The lowest BCUT2D eigenvalue weighted by Crippen LogP contribution is -2.16. The summed E-state index contributed by atoms with van der Waals surface area (Å²) >= 11 is 0. The lowest BCUT2D eigenvalue weighted by Gasteiger charge is -2.23. The van der Waals surface area contributed by atoms with Crippen molar-refractivity contribution in [2.75, 3.05) is 13.2 Å². The van der Waals surface area contributed by atoms with Crippen LogP contribution in [-0.2, 0) is 13.6 Å². The van der Waals surface area contributed by atoms with Gasteiger partial charge in [0, 0.05) is 5.56 Å². The molecule has 2 atom stereocenters. The van der Waals surface area contributed by atoms with Crippen molar-refractivity contribution in [1.82, 2.24) is 0 Å². The van der Waals surface area contributed by atoms with Crippen LogP contribution in [0, 0.1) is 11.8 Å². The quantitative estimate of drug-likeness (QED) is 0.265. The number of hydrogen-bond donors (Lipinski definition) is 0. The van der Waals surface area contributed by atoms with Gasteiger partial charge in [-0.15, -0.1) is 0 Å². The maximum atomic E-state index is 13.5. The lowest BCUT2D eigenvalue weighted by molar-refractivity contribution is 0.0952. The fraction of sp³-hybridized carbons (Fsp3) is 0.696. The van der Waals surface area contributed by atoms with Crippen LogP contribution in [0.3, 0.4) is 0 Å². The summed E-state index contributed by atoms with van der Waals surface area (Å²) in [6, 6.07) is 8.71. The molecular weight excluding hydrogens is 371 g/mol. The van der Waals surface area contributed by atoms with Gasteiger partial charge < -0.3 is 9.05 Å². The van der Waals surface area contributed by atoms with Crippen molar-refractivity contribution in [3.63, 3.8) is 0 Å². The molecule has 28 heavy (non-hydrogen) atoms. The maximum absolute atomic E-state index is 13.5. The molecule has 0 aliphatic carbocycles. The Bertz CT molecular complexity index is 564. The summed E-state index contributed by atoms with van der Waals surface area (Å²) in [5, 5.41) is 0. The summed E-state index contributed by atoms with van der Waals surface area (Å²) in [6.07, 6.45) is 8.35. The van der Waals surface area contributed by atoms with Crippen LogP contribution in [0.15, 0.2) is 30.3 Å². The highest BCUT2D eigenvalue weighted by atomic mass is 31.2. The summed E-state index contributed by atoms with van der Waals surface area (Å²) in [7, 11) is -3.87. The molecule has 5 heteroatoms. The Labute approximate surface area is 171 Å². The molecule has 0 N–H and O–H groups in total. The van der Waals surface area contributed by atoms with Gasteiger partial charge in [0.1, 0.15) is 0 Å². The fourth-order valence-electron chi connectivity index (χ4n) is 3.10. The first-order valence-corrected chi connectivity index (χ1v) is 12.5. The van der Waals surface area contributed by atoms with Gasteiger partial charge in [0.05, 0.1) is 13.2 Å². The molecule has 2 unspecified atom stereocenters. The third-order valence-electron chi connectivity index (χ3n) is 5.32. The van der Waals surface area contributed by atoms with Crippen LogP contribution in [0.2, 0.25) is 0 Å². The van der Waals surface area contributed by atoms with Crippen molar-refractivity contribution < 1.29 is 18.4 Å². The molecule has 0 aromatic heterocycles. The standard InChI is InChI=1S/C23H39O4P/c1-5-9-14-20(7-3)18-26-28(25,23(24)22-16-12-11-13-17-22)27-19-21(8-4)15-10-6-2/h11-13,16-17,20-21H,5-10,14-15,18-19H2,1-4H3. The normalized spacial score (nSPS) is 15.7. The first kappa shape index (κ1) is 25.1. The highest BCUT2D eigenvalue weighted by Gasteiger charge is 2.37. The van der Waals surface area contributed by atoms with Gasteiger partial charge in [-0.2, -0.15) is 0 Å². The topological polar surface area (TPSA) is 52.6 Å². The Kier molecular flexibility index (Phi) is 12.6. The average Bonchev–Trinajstić information content (AvgIpc) is 2.74. The van der Waals surface area contributed by atoms with Crippen LogP contribution in [0.5, 0.6) is 0 Å². The first-order chi connectivity index (χ1) is 13.5. The Morgan fingerprint density at radius 3 is 1.71 bits per heavy atom. The van der Waals surface area contributed by atoms with E-state index < -0.39 is 13.1 Å². The second kappa shape index (κ2) is 14.1. The van der Waals surface area contributed by atoms with E-state index in [0.717, 1.165) is 51.4 Å². The molecule has 0 spiro atoms. The Morgan fingerprint density at radius 1 is 0.857 bits per heavy atom. The molecule has 0 radical (unpaired) electrons. The SMILES string of the molecule is CCCCC(CC)COP(=O)(OCC(CC)CCCC)C(=O)c1ccccc1. The molecule has 0 saturated heterocycles. The molecule has 0 bridgehead atoms. The average molecular weight is 411 g/mol. The van der Waals surface area contributed by atoms with Gasteiger partial charge in [0.25, 0.3) is 5.52 Å². The third-order valence-corrected chi connectivity index (χ3v) is 7.05. The van der Waals surface area contributed by atoms with Gasteiger partial charge >= 0.3 is 7.60 Å². The summed E-state index contributed by atoms with van der Waals surface area (Å²) in [5.74, 6) is 0.588. The zero-order valence-corrected chi connectivity index (χ0v) is 19.1. The molecule has 1 rings (SSSR count). The maximum Gasteiger partial charge on any atom is 0.401 e. The van der Waals surface area contributed by atoms with Gasteiger partial charge in [-0.1, -0.05) is 96.6 Å². The smallest absolute Gasteiger partial charge is 0.303 e. The number of carbonyl (C=O) groups is 1. The molecule has 0 heterocycles. The summed E-state index contributed by atoms with van der Waals surface area (Å²) in [5.41, 5.74) is -0.141. The molecule has 0 amide bonds. The molecule has 1 aromatic rings. The minimum Gasteiger partial charge on any atom is -0.303 e. The third kappa shape index (κ3) is 8.59. The number of rotatable bonds is 16. The first-order valence-electron chi connectivity index (χ1n) is 11.0. The highest BCUT2D eigenvalue weighted by Crippen LogP contribution is 2.52. The largest absolute Gasteiger partial charge is 0.401 e. The van der Waals surface area contributed by atoms with E-state index in [2.05, 4.69) is 27.7 Å². The van der Waals surface area contributed by atoms with E-state index in [9.17, 15) is 9.36 Å². The van der Waals surface area contributed by atoms with Crippen molar-refractivity contribution >= 4 is 13.1 Å². The predicted octanol–water partition coefficient (Wildman–Crippen LogP) is 7.49. The zero-order valence-electron chi connectivity index (χ0n) is 18.2. The Hall–Kier alpha value is -0.960. The minimum absolute atomic E-state index is 0.294. The van der Waals surface area contributed by atoms with Crippen molar-refractivity contribution in [2.45, 2.75) is 79.1 Å². The number of carbonyl (C=O) groups excluding carboxylic acids is 1. The van der Waals surface area contributed by atoms with Crippen LogP contribution in [0.25, 0.3) is 0 Å². The number of unbranched alkanes of at least 4 members (excludes halogenated alkanes) is 2. The van der Waals surface area contributed by atoms with E-state index in [1.165, 1.54) is 0 Å². The van der Waals surface area contributed by atoms with Crippen LogP contribution < -0.4 is 0 Å². The van der Waals surface area contributed by atoms with Gasteiger partial charge in [-0.3, -0.25) is 9.36 Å². The summed E-state index contributed by atoms with van der Waals surface area (Å²) in [4.78, 5) is 13.0. The van der Waals surface area contributed by atoms with Crippen LogP contribution in [0.4, 0.5) is 0 Å². The Morgan fingerprint density at radius 2 is 1.32 bits per heavy atom. The predicted molar refractivity (Wildman–Crippen MR) is 117 cm³/mol. The molecule has 4 nitrogen and oxygen atoms in total. The Balaban J connectivity index is 2.89. The molecule has 0 aliphatic rings. The summed E-state index contributed by atoms with van der Waals surface area (Å²) in [6.45, 7) is 9.12. The minimum atomic E-state index is -3.87. The van der Waals surface area contributed by atoms with E-state index in [4.69, 9.17) is 9.05 Å². The van der Waals surface area contributed by atoms with Crippen LogP contribution in [0.1, 0.15) is 89.4 Å². The van der Waals surface area contributed by atoms with Crippen molar-refractivity contribution in [2.24, 2.45) is 11.8 Å². The van der Waals surface area contributed by atoms with Crippen molar-refractivity contribution in [3.05, 3.63) is 35.9 Å². The molecule has 0 fully saturated rings. The monoisotopic (exact) mass is 410 g/mol. The highest BCUT2D eigenvalue weighted by molar-refractivity contribution is 7.72. The second-order valence-corrected chi connectivity index (χ2v) is 9.51. The van der Waals surface area contributed by atoms with E-state index in [0.29, 0.717) is 30.6 Å². The molecule has 1 aromatic carbocycles. The molecule has 160 valence electrons. The van der Waals surface area contributed by atoms with Crippen molar-refractivity contribution in [1.29, 1.82) is 0 Å². The molecular formula is C23H39O4P. The zero-order chi connectivity index (χ0) is 20.8. The molecule has 0 aliphatic heterocycles. The second-order valence-electron chi connectivity index (χ2n) is 7.59. The van der Waals surface area contributed by atoms with Gasteiger partial charge in [0.15, 0.2) is 0 Å². The van der Waals surface area contributed by atoms with Gasteiger partial charge in [-0.25, -0.2) is 0 Å². The van der Waals surface area contributed by atoms with Crippen LogP contribution >= 0.6 is 7.60 Å². The van der Waals surface area contributed by atoms with E-state index >= 15 is 0 Å². The van der Waals surface area contributed by atoms with Crippen LogP contribution in [-0.4, -0.2) is 18.7 Å². The fourth-order valence-corrected chi connectivity index (χ4v) is 4.69. The molecule has 0 saturated carbocycles. The van der Waals surface area contributed by atoms with E-state index in [1.807, 2.05) is 6.07 Å². The van der Waals surface area contributed by atoms with Gasteiger partial charge in [-0.05, 0) is 24.7 Å². The van der Waals surface area contributed by atoms with Crippen molar-refractivity contribution in [3.8, 4) is 0 Å². The number of benzene rings is 1. The number of hydrogen-bond acceptors (Lipinski definition) is 4. The van der Waals surface area contributed by atoms with E-state index in [-0.39, 0.29) is 0 Å². The van der Waals surface area contributed by atoms with E-state index in [1.54, 1.807) is 24.3 Å². The lowest BCUT2D eigenvalue weighted by atomic mass is 10.0. The summed E-state index contributed by atoms with van der Waals surface area (Å²) < 4.78 is 25.1.